The molecule has 0 aliphatic carbocycles. The Kier molecular flexibility index (Phi) is 3.94. The third-order valence-electron chi connectivity index (χ3n) is 2.42. The number of amides is 1. The Labute approximate surface area is 122 Å². The van der Waals surface area contributed by atoms with Crippen LogP contribution in [0.1, 0.15) is 15.2 Å². The van der Waals surface area contributed by atoms with E-state index >= 15 is 0 Å². The summed E-state index contributed by atoms with van der Waals surface area (Å²) < 4.78 is 0.782. The van der Waals surface area contributed by atoms with Gasteiger partial charge in [0.25, 0.3) is 5.91 Å². The first kappa shape index (κ1) is 13.4. The van der Waals surface area contributed by atoms with E-state index in [1.54, 1.807) is 12.1 Å². The number of rotatable bonds is 2. The summed E-state index contributed by atoms with van der Waals surface area (Å²) in [5, 5.41) is 5.10. The molecule has 2 aromatic rings. The molecule has 18 heavy (non-hydrogen) atoms. The molecular formula is C12H10BrClN2OS. The molecule has 1 amide bonds. The largest absolute Gasteiger partial charge is 0.398 e. The molecule has 0 aliphatic rings. The Morgan fingerprint density at radius 1 is 1.50 bits per heavy atom. The van der Waals surface area contributed by atoms with Gasteiger partial charge in [0.05, 0.1) is 10.7 Å². The second-order valence-corrected chi connectivity index (χ2v) is 5.92. The van der Waals surface area contributed by atoms with Crippen molar-refractivity contribution in [1.29, 1.82) is 0 Å². The van der Waals surface area contributed by atoms with Gasteiger partial charge >= 0.3 is 0 Å². The number of anilines is 2. The van der Waals surface area contributed by atoms with E-state index in [0.717, 1.165) is 10.0 Å². The van der Waals surface area contributed by atoms with E-state index in [2.05, 4.69) is 21.2 Å². The molecule has 6 heteroatoms. The molecule has 0 spiro atoms. The molecule has 1 aromatic heterocycles. The molecule has 3 nitrogen and oxygen atoms in total. The van der Waals surface area contributed by atoms with Gasteiger partial charge in [-0.2, -0.15) is 0 Å². The average Bonchev–Trinajstić information content (AvgIpc) is 2.72. The van der Waals surface area contributed by atoms with Crippen molar-refractivity contribution in [2.24, 2.45) is 0 Å². The van der Waals surface area contributed by atoms with Crippen molar-refractivity contribution in [3.63, 3.8) is 0 Å². The van der Waals surface area contributed by atoms with E-state index in [-0.39, 0.29) is 5.91 Å². The Bertz CT molecular complexity index is 612. The van der Waals surface area contributed by atoms with Crippen molar-refractivity contribution in [3.05, 3.63) is 43.5 Å². The molecule has 0 saturated carbocycles. The van der Waals surface area contributed by atoms with Crippen LogP contribution in [0.3, 0.4) is 0 Å². The van der Waals surface area contributed by atoms with Gasteiger partial charge in [0, 0.05) is 10.2 Å². The lowest BCUT2D eigenvalue weighted by molar-refractivity contribution is 0.103. The lowest BCUT2D eigenvalue weighted by Crippen LogP contribution is -2.12. The number of hydrogen-bond acceptors (Lipinski definition) is 3. The molecule has 0 fully saturated rings. The first-order chi connectivity index (χ1) is 8.49. The van der Waals surface area contributed by atoms with Crippen molar-refractivity contribution in [2.75, 3.05) is 11.1 Å². The van der Waals surface area contributed by atoms with Crippen LogP contribution in [0.25, 0.3) is 0 Å². The highest BCUT2D eigenvalue weighted by atomic mass is 79.9. The fourth-order valence-corrected chi connectivity index (χ4v) is 3.08. The summed E-state index contributed by atoms with van der Waals surface area (Å²) in [5.74, 6) is -0.166. The van der Waals surface area contributed by atoms with Crippen LogP contribution in [0.2, 0.25) is 5.02 Å². The van der Waals surface area contributed by atoms with Crippen LogP contribution in [0.4, 0.5) is 11.4 Å². The van der Waals surface area contributed by atoms with Crippen LogP contribution in [-0.2, 0) is 0 Å². The van der Waals surface area contributed by atoms with Crippen LogP contribution < -0.4 is 11.1 Å². The molecule has 3 N–H and O–H groups in total. The van der Waals surface area contributed by atoms with Crippen LogP contribution in [0.5, 0.6) is 0 Å². The maximum Gasteiger partial charge on any atom is 0.266 e. The number of thiophene rings is 1. The molecule has 0 aliphatic heterocycles. The standard InChI is InChI=1S/C12H10BrClN2OS/c1-6-4-9(15)8(14)5-10(6)16-12(17)11-7(13)2-3-18-11/h2-5H,15H2,1H3,(H,16,17). The Morgan fingerprint density at radius 3 is 2.83 bits per heavy atom. The number of nitrogen functional groups attached to an aromatic ring is 1. The summed E-state index contributed by atoms with van der Waals surface area (Å²) in [6.07, 6.45) is 0. The van der Waals surface area contributed by atoms with Gasteiger partial charge in [-0.05, 0) is 52.0 Å². The van der Waals surface area contributed by atoms with E-state index in [9.17, 15) is 4.79 Å². The monoisotopic (exact) mass is 344 g/mol. The third kappa shape index (κ3) is 2.68. The van der Waals surface area contributed by atoms with Gasteiger partial charge in [-0.15, -0.1) is 11.3 Å². The van der Waals surface area contributed by atoms with Crippen LogP contribution in [-0.4, -0.2) is 5.91 Å². The van der Waals surface area contributed by atoms with Gasteiger partial charge in [-0.3, -0.25) is 4.79 Å². The summed E-state index contributed by atoms with van der Waals surface area (Å²) in [4.78, 5) is 12.7. The van der Waals surface area contributed by atoms with Crippen LogP contribution >= 0.6 is 38.9 Å². The summed E-state index contributed by atoms with van der Waals surface area (Å²) >= 11 is 10.6. The zero-order chi connectivity index (χ0) is 13.3. The first-order valence-electron chi connectivity index (χ1n) is 5.09. The second-order valence-electron chi connectivity index (χ2n) is 3.74. The number of halogens is 2. The maximum absolute atomic E-state index is 12.0. The molecule has 1 heterocycles. The first-order valence-corrected chi connectivity index (χ1v) is 7.14. The van der Waals surface area contributed by atoms with Gasteiger partial charge in [0.2, 0.25) is 0 Å². The van der Waals surface area contributed by atoms with Gasteiger partial charge in [-0.25, -0.2) is 0 Å². The normalized spacial score (nSPS) is 10.4. The Hall–Kier alpha value is -1.04. The molecule has 2 rings (SSSR count). The van der Waals surface area contributed by atoms with Crippen molar-refractivity contribution >= 4 is 56.1 Å². The number of carbonyl (C=O) groups excluding carboxylic acids is 1. The van der Waals surface area contributed by atoms with E-state index in [0.29, 0.717) is 21.3 Å². The van der Waals surface area contributed by atoms with Crippen molar-refractivity contribution < 1.29 is 4.79 Å². The minimum absolute atomic E-state index is 0.166. The van der Waals surface area contributed by atoms with Crippen molar-refractivity contribution in [3.8, 4) is 0 Å². The molecule has 0 unspecified atom stereocenters. The third-order valence-corrected chi connectivity index (χ3v) is 4.58. The van der Waals surface area contributed by atoms with Gasteiger partial charge < -0.3 is 11.1 Å². The number of carbonyl (C=O) groups is 1. The van der Waals surface area contributed by atoms with Crippen molar-refractivity contribution in [1.82, 2.24) is 0 Å². The molecule has 0 bridgehead atoms. The lowest BCUT2D eigenvalue weighted by atomic mass is 10.2. The highest BCUT2D eigenvalue weighted by molar-refractivity contribution is 9.10. The van der Waals surface area contributed by atoms with E-state index < -0.39 is 0 Å². The zero-order valence-corrected chi connectivity index (χ0v) is 12.6. The SMILES string of the molecule is Cc1cc(N)c(Cl)cc1NC(=O)c1sccc1Br. The van der Waals surface area contributed by atoms with Gasteiger partial charge in [0.15, 0.2) is 0 Å². The molecular weight excluding hydrogens is 336 g/mol. The summed E-state index contributed by atoms with van der Waals surface area (Å²) in [6.45, 7) is 1.87. The smallest absolute Gasteiger partial charge is 0.266 e. The predicted octanol–water partition coefficient (Wildman–Crippen LogP) is 4.31. The zero-order valence-electron chi connectivity index (χ0n) is 9.46. The number of nitrogens with two attached hydrogens (primary N) is 1. The van der Waals surface area contributed by atoms with Gasteiger partial charge in [0.1, 0.15) is 4.88 Å². The van der Waals surface area contributed by atoms with Crippen LogP contribution in [0.15, 0.2) is 28.1 Å². The van der Waals surface area contributed by atoms with E-state index in [4.69, 9.17) is 17.3 Å². The Balaban J connectivity index is 2.28. The topological polar surface area (TPSA) is 55.1 Å². The average molecular weight is 346 g/mol. The summed E-state index contributed by atoms with van der Waals surface area (Å²) in [7, 11) is 0. The predicted molar refractivity (Wildman–Crippen MR) is 80.6 cm³/mol. The number of benzene rings is 1. The molecule has 0 atom stereocenters. The van der Waals surface area contributed by atoms with E-state index in [1.165, 1.54) is 11.3 Å². The highest BCUT2D eigenvalue weighted by Gasteiger charge is 2.13. The second kappa shape index (κ2) is 5.30. The fourth-order valence-electron chi connectivity index (χ4n) is 1.47. The molecule has 94 valence electrons. The number of aryl methyl sites for hydroxylation is 1. The molecule has 0 saturated heterocycles. The fraction of sp³-hybridized carbons (Fsp3) is 0.0833. The van der Waals surface area contributed by atoms with Gasteiger partial charge in [-0.1, -0.05) is 11.6 Å². The minimum Gasteiger partial charge on any atom is -0.398 e. The summed E-state index contributed by atoms with van der Waals surface area (Å²) in [5.41, 5.74) is 7.73. The Morgan fingerprint density at radius 2 is 2.22 bits per heavy atom. The minimum atomic E-state index is -0.166. The quantitative estimate of drug-likeness (QED) is 0.797. The van der Waals surface area contributed by atoms with Crippen LogP contribution in [0, 0.1) is 6.92 Å². The maximum atomic E-state index is 12.0. The molecule has 0 radical (unpaired) electrons. The highest BCUT2D eigenvalue weighted by Crippen LogP contribution is 2.28. The van der Waals surface area contributed by atoms with E-state index in [1.807, 2.05) is 18.4 Å². The number of nitrogens with one attached hydrogen (secondary N) is 1. The summed E-state index contributed by atoms with van der Waals surface area (Å²) in [6, 6.07) is 5.23. The lowest BCUT2D eigenvalue weighted by Gasteiger charge is -2.10. The van der Waals surface area contributed by atoms with Crippen molar-refractivity contribution in [2.45, 2.75) is 6.92 Å². The molecule has 1 aromatic carbocycles. The number of hydrogen-bond donors (Lipinski definition) is 2.